The van der Waals surface area contributed by atoms with E-state index in [0.717, 1.165) is 11.1 Å². The van der Waals surface area contributed by atoms with Crippen LogP contribution in [0.25, 0.3) is 0 Å². The molecule has 59 valence electrons. The Balaban J connectivity index is 3.21. The number of hydrogen-bond acceptors (Lipinski definition) is 0. The molecular weight excluding hydrogens is 146 g/mol. The molecule has 0 aliphatic carbocycles. The van der Waals surface area contributed by atoms with Crippen LogP contribution in [0.4, 0.5) is 8.78 Å². The number of rotatable bonds is 1. The van der Waals surface area contributed by atoms with Gasteiger partial charge in [-0.3, -0.25) is 0 Å². The van der Waals surface area contributed by atoms with Crippen molar-refractivity contribution in [3.8, 4) is 0 Å². The Morgan fingerprint density at radius 2 is 1.82 bits per heavy atom. The SMILES string of the molecule is [CH2]Cc1cc(F)c(F)cc1C. The van der Waals surface area contributed by atoms with Gasteiger partial charge in [0.25, 0.3) is 0 Å². The Kier molecular flexibility index (Phi) is 2.22. The smallest absolute Gasteiger partial charge is 0.159 e. The van der Waals surface area contributed by atoms with Crippen LogP contribution >= 0.6 is 0 Å². The molecule has 0 aliphatic rings. The minimum Gasteiger partial charge on any atom is -0.204 e. The van der Waals surface area contributed by atoms with Crippen molar-refractivity contribution in [3.05, 3.63) is 41.8 Å². The van der Waals surface area contributed by atoms with Crippen molar-refractivity contribution in [2.24, 2.45) is 0 Å². The molecule has 1 radical (unpaired) electrons. The van der Waals surface area contributed by atoms with E-state index in [1.807, 2.05) is 0 Å². The van der Waals surface area contributed by atoms with Gasteiger partial charge in [0, 0.05) is 0 Å². The van der Waals surface area contributed by atoms with Crippen LogP contribution in [0.1, 0.15) is 11.1 Å². The lowest BCUT2D eigenvalue weighted by Crippen LogP contribution is -1.92. The van der Waals surface area contributed by atoms with E-state index >= 15 is 0 Å². The van der Waals surface area contributed by atoms with Crippen LogP contribution in [0.15, 0.2) is 12.1 Å². The summed E-state index contributed by atoms with van der Waals surface area (Å²) in [5, 5.41) is 0. The predicted octanol–water partition coefficient (Wildman–Crippen LogP) is 2.65. The quantitative estimate of drug-likeness (QED) is 0.584. The summed E-state index contributed by atoms with van der Waals surface area (Å²) in [6, 6.07) is 2.38. The van der Waals surface area contributed by atoms with Crippen molar-refractivity contribution in [1.29, 1.82) is 0 Å². The average Bonchev–Trinajstić information content (AvgIpc) is 1.97. The highest BCUT2D eigenvalue weighted by atomic mass is 19.2. The Morgan fingerprint density at radius 1 is 1.27 bits per heavy atom. The van der Waals surface area contributed by atoms with Crippen LogP contribution in [0.5, 0.6) is 0 Å². The van der Waals surface area contributed by atoms with E-state index in [-0.39, 0.29) is 0 Å². The van der Waals surface area contributed by atoms with Gasteiger partial charge in [-0.1, -0.05) is 0 Å². The standard InChI is InChI=1S/C9H9F2/c1-3-7-5-9(11)8(10)4-6(7)2/h4-5H,1,3H2,2H3. The maximum absolute atomic E-state index is 12.5. The molecule has 11 heavy (non-hydrogen) atoms. The zero-order valence-corrected chi connectivity index (χ0v) is 6.32. The van der Waals surface area contributed by atoms with Gasteiger partial charge in [0.05, 0.1) is 0 Å². The summed E-state index contributed by atoms with van der Waals surface area (Å²) in [7, 11) is 0. The van der Waals surface area contributed by atoms with Crippen molar-refractivity contribution in [2.45, 2.75) is 13.3 Å². The van der Waals surface area contributed by atoms with Gasteiger partial charge in [-0.25, -0.2) is 8.78 Å². The second-order valence-electron chi connectivity index (χ2n) is 2.44. The zero-order chi connectivity index (χ0) is 8.43. The summed E-state index contributed by atoms with van der Waals surface area (Å²) in [6.07, 6.45) is 0.489. The molecule has 0 fully saturated rings. The highest BCUT2D eigenvalue weighted by molar-refractivity contribution is 5.27. The molecule has 0 nitrogen and oxygen atoms in total. The third-order valence-corrected chi connectivity index (χ3v) is 1.65. The van der Waals surface area contributed by atoms with Crippen LogP contribution in [-0.4, -0.2) is 0 Å². The average molecular weight is 155 g/mol. The lowest BCUT2D eigenvalue weighted by atomic mass is 10.1. The van der Waals surface area contributed by atoms with Gasteiger partial charge in [-0.2, -0.15) is 0 Å². The highest BCUT2D eigenvalue weighted by Gasteiger charge is 2.04. The molecule has 0 N–H and O–H groups in total. The maximum atomic E-state index is 12.5. The first-order valence-electron chi connectivity index (χ1n) is 3.39. The Hall–Kier alpha value is -0.920. The predicted molar refractivity (Wildman–Crippen MR) is 40.2 cm³/mol. The summed E-state index contributed by atoms with van der Waals surface area (Å²) in [5.74, 6) is -1.59. The van der Waals surface area contributed by atoms with Crippen LogP contribution in [0.3, 0.4) is 0 Å². The molecule has 0 atom stereocenters. The Labute approximate surface area is 64.9 Å². The van der Waals surface area contributed by atoms with Gasteiger partial charge in [-0.15, -0.1) is 0 Å². The van der Waals surface area contributed by atoms with Crippen molar-refractivity contribution >= 4 is 0 Å². The number of aryl methyl sites for hydroxylation is 1. The third kappa shape index (κ3) is 1.56. The molecule has 0 aromatic heterocycles. The number of benzene rings is 1. The molecular formula is C9H9F2. The fourth-order valence-corrected chi connectivity index (χ4v) is 0.957. The van der Waals surface area contributed by atoms with Crippen molar-refractivity contribution in [3.63, 3.8) is 0 Å². The largest absolute Gasteiger partial charge is 0.204 e. The summed E-state index contributed by atoms with van der Waals surface area (Å²) in [5.41, 5.74) is 1.50. The molecule has 0 aliphatic heterocycles. The molecule has 0 spiro atoms. The van der Waals surface area contributed by atoms with Crippen molar-refractivity contribution < 1.29 is 8.78 Å². The van der Waals surface area contributed by atoms with Gasteiger partial charge >= 0.3 is 0 Å². The maximum Gasteiger partial charge on any atom is 0.159 e. The molecule has 0 saturated heterocycles. The lowest BCUT2D eigenvalue weighted by molar-refractivity contribution is 0.506. The van der Waals surface area contributed by atoms with E-state index in [1.165, 1.54) is 12.1 Å². The second kappa shape index (κ2) is 2.99. The summed E-state index contributed by atoms with van der Waals surface area (Å²) < 4.78 is 25.0. The molecule has 0 bridgehead atoms. The minimum absolute atomic E-state index is 0.489. The van der Waals surface area contributed by atoms with E-state index in [9.17, 15) is 8.78 Å². The highest BCUT2D eigenvalue weighted by Crippen LogP contribution is 2.13. The summed E-state index contributed by atoms with van der Waals surface area (Å²) >= 11 is 0. The number of halogens is 2. The van der Waals surface area contributed by atoms with Crippen molar-refractivity contribution in [1.82, 2.24) is 0 Å². The van der Waals surface area contributed by atoms with Gasteiger partial charge in [0.2, 0.25) is 0 Å². The monoisotopic (exact) mass is 155 g/mol. The second-order valence-corrected chi connectivity index (χ2v) is 2.44. The molecule has 1 rings (SSSR count). The lowest BCUT2D eigenvalue weighted by Gasteiger charge is -2.02. The first-order valence-corrected chi connectivity index (χ1v) is 3.39. The minimum atomic E-state index is -0.797. The van der Waals surface area contributed by atoms with E-state index < -0.39 is 11.6 Å². The first-order chi connectivity index (χ1) is 5.15. The Morgan fingerprint density at radius 3 is 2.36 bits per heavy atom. The zero-order valence-electron chi connectivity index (χ0n) is 6.32. The van der Waals surface area contributed by atoms with Crippen LogP contribution in [0, 0.1) is 25.5 Å². The van der Waals surface area contributed by atoms with Gasteiger partial charge in [0.1, 0.15) is 0 Å². The normalized spacial score (nSPS) is 10.2. The fourth-order valence-electron chi connectivity index (χ4n) is 0.957. The molecule has 2 heteroatoms. The molecule has 0 heterocycles. The van der Waals surface area contributed by atoms with E-state index in [1.54, 1.807) is 6.92 Å². The van der Waals surface area contributed by atoms with Gasteiger partial charge in [-0.05, 0) is 43.5 Å². The summed E-state index contributed by atoms with van der Waals surface area (Å²) in [6.45, 7) is 5.34. The molecule has 1 aromatic carbocycles. The fraction of sp³-hybridized carbons (Fsp3) is 0.222. The Bertz CT molecular complexity index is 267. The topological polar surface area (TPSA) is 0 Å². The van der Waals surface area contributed by atoms with Crippen LogP contribution < -0.4 is 0 Å². The van der Waals surface area contributed by atoms with Gasteiger partial charge < -0.3 is 0 Å². The van der Waals surface area contributed by atoms with Gasteiger partial charge in [0.15, 0.2) is 11.6 Å². The third-order valence-electron chi connectivity index (χ3n) is 1.65. The summed E-state index contributed by atoms with van der Waals surface area (Å²) in [4.78, 5) is 0. The molecule has 1 aromatic rings. The van der Waals surface area contributed by atoms with Crippen LogP contribution in [-0.2, 0) is 6.42 Å². The van der Waals surface area contributed by atoms with E-state index in [4.69, 9.17) is 0 Å². The first kappa shape index (κ1) is 8.18. The molecule has 0 saturated carbocycles. The van der Waals surface area contributed by atoms with E-state index in [0.29, 0.717) is 6.42 Å². The van der Waals surface area contributed by atoms with E-state index in [2.05, 4.69) is 6.92 Å². The van der Waals surface area contributed by atoms with Crippen molar-refractivity contribution in [2.75, 3.05) is 0 Å². The molecule has 0 amide bonds. The number of hydrogen-bond donors (Lipinski definition) is 0. The van der Waals surface area contributed by atoms with Crippen LogP contribution in [0.2, 0.25) is 0 Å². The molecule has 0 unspecified atom stereocenters.